The van der Waals surface area contributed by atoms with Crippen molar-refractivity contribution in [2.45, 2.75) is 58.8 Å². The van der Waals surface area contributed by atoms with Crippen molar-refractivity contribution in [3.63, 3.8) is 0 Å². The second-order valence-corrected chi connectivity index (χ2v) is 5.33. The molecule has 0 spiro atoms. The van der Waals surface area contributed by atoms with E-state index in [0.717, 1.165) is 18.4 Å². The van der Waals surface area contributed by atoms with Crippen LogP contribution in [0.1, 0.15) is 67.8 Å². The van der Waals surface area contributed by atoms with Gasteiger partial charge in [-0.05, 0) is 31.0 Å². The monoisotopic (exact) mass is 277 g/mol. The zero-order valence-corrected chi connectivity index (χ0v) is 12.8. The molecule has 0 radical (unpaired) electrons. The molecule has 0 bridgehead atoms. The fourth-order valence-electron chi connectivity index (χ4n) is 2.16. The van der Waals surface area contributed by atoms with E-state index in [1.54, 1.807) is 12.1 Å². The Hall–Kier alpha value is -1.51. The van der Waals surface area contributed by atoms with E-state index < -0.39 is 0 Å². The first-order chi connectivity index (χ1) is 9.65. The highest BCUT2D eigenvalue weighted by atomic mass is 16.5. The number of ether oxygens (including phenoxy) is 1. The Kier molecular flexibility index (Phi) is 7.78. The van der Waals surface area contributed by atoms with Gasteiger partial charge in [0.25, 0.3) is 0 Å². The van der Waals surface area contributed by atoms with Gasteiger partial charge >= 0.3 is 5.97 Å². The third-order valence-electron chi connectivity index (χ3n) is 3.46. The lowest BCUT2D eigenvalue weighted by Crippen LogP contribution is -2.08. The second kappa shape index (κ2) is 9.40. The molecule has 2 N–H and O–H groups in total. The summed E-state index contributed by atoms with van der Waals surface area (Å²) in [5.74, 6) is -0.263. The van der Waals surface area contributed by atoms with Crippen LogP contribution in [0.25, 0.3) is 0 Å². The van der Waals surface area contributed by atoms with E-state index in [1.165, 1.54) is 32.1 Å². The molecule has 0 fully saturated rings. The molecule has 0 aliphatic carbocycles. The number of hydrogen-bond acceptors (Lipinski definition) is 3. The van der Waals surface area contributed by atoms with Gasteiger partial charge in [0.2, 0.25) is 0 Å². The van der Waals surface area contributed by atoms with Gasteiger partial charge in [0.1, 0.15) is 0 Å². The number of aryl methyl sites for hydroxylation is 1. The second-order valence-electron chi connectivity index (χ2n) is 5.33. The fourth-order valence-corrected chi connectivity index (χ4v) is 2.16. The van der Waals surface area contributed by atoms with Gasteiger partial charge in [0, 0.05) is 5.69 Å². The minimum absolute atomic E-state index is 0.263. The average molecular weight is 277 g/mol. The summed E-state index contributed by atoms with van der Waals surface area (Å²) in [6.07, 6.45) is 8.51. The molecule has 1 aromatic carbocycles. The molecule has 112 valence electrons. The number of carbonyl (C=O) groups is 1. The highest BCUT2D eigenvalue weighted by Crippen LogP contribution is 2.14. The van der Waals surface area contributed by atoms with Gasteiger partial charge in [-0.3, -0.25) is 0 Å². The molecule has 0 heterocycles. The zero-order valence-electron chi connectivity index (χ0n) is 12.8. The summed E-state index contributed by atoms with van der Waals surface area (Å²) < 4.78 is 5.30. The SMILES string of the molecule is CCCCCCCCCOC(=O)c1cc(N)ccc1C. The normalized spacial score (nSPS) is 10.5. The topological polar surface area (TPSA) is 52.3 Å². The van der Waals surface area contributed by atoms with Crippen LogP contribution in [0.3, 0.4) is 0 Å². The van der Waals surface area contributed by atoms with Crippen LogP contribution < -0.4 is 5.73 Å². The van der Waals surface area contributed by atoms with Crippen LogP contribution in [0, 0.1) is 6.92 Å². The Labute approximate surface area is 122 Å². The molecular weight excluding hydrogens is 250 g/mol. The van der Waals surface area contributed by atoms with Crippen LogP contribution in [0.4, 0.5) is 5.69 Å². The molecule has 20 heavy (non-hydrogen) atoms. The van der Waals surface area contributed by atoms with Crippen LogP contribution in [-0.4, -0.2) is 12.6 Å². The minimum atomic E-state index is -0.263. The smallest absolute Gasteiger partial charge is 0.338 e. The first kappa shape index (κ1) is 16.5. The number of unbranched alkanes of at least 4 members (excludes halogenated alkanes) is 6. The predicted molar refractivity (Wildman–Crippen MR) is 83.9 cm³/mol. The Bertz CT molecular complexity index is 415. The first-order valence-electron chi connectivity index (χ1n) is 7.68. The molecule has 0 aliphatic rings. The summed E-state index contributed by atoms with van der Waals surface area (Å²) in [5, 5.41) is 0. The van der Waals surface area contributed by atoms with Crippen LogP contribution in [0.5, 0.6) is 0 Å². The summed E-state index contributed by atoms with van der Waals surface area (Å²) in [5.41, 5.74) is 7.77. The molecule has 3 nitrogen and oxygen atoms in total. The molecule has 0 aromatic heterocycles. The van der Waals surface area contributed by atoms with Gasteiger partial charge in [-0.2, -0.15) is 0 Å². The van der Waals surface area contributed by atoms with E-state index in [4.69, 9.17) is 10.5 Å². The largest absolute Gasteiger partial charge is 0.462 e. The van der Waals surface area contributed by atoms with Crippen LogP contribution in [0.2, 0.25) is 0 Å². The van der Waals surface area contributed by atoms with Gasteiger partial charge < -0.3 is 10.5 Å². The Morgan fingerprint density at radius 3 is 2.45 bits per heavy atom. The maximum Gasteiger partial charge on any atom is 0.338 e. The van der Waals surface area contributed by atoms with Gasteiger partial charge in [0.05, 0.1) is 12.2 Å². The van der Waals surface area contributed by atoms with Crippen molar-refractivity contribution in [3.05, 3.63) is 29.3 Å². The molecule has 0 saturated heterocycles. The van der Waals surface area contributed by atoms with Crippen molar-refractivity contribution < 1.29 is 9.53 Å². The van der Waals surface area contributed by atoms with E-state index >= 15 is 0 Å². The Morgan fingerprint density at radius 2 is 1.75 bits per heavy atom. The van der Waals surface area contributed by atoms with Crippen molar-refractivity contribution in [1.82, 2.24) is 0 Å². The summed E-state index contributed by atoms with van der Waals surface area (Å²) in [7, 11) is 0. The third kappa shape index (κ3) is 6.09. The van der Waals surface area contributed by atoms with Crippen LogP contribution >= 0.6 is 0 Å². The highest BCUT2D eigenvalue weighted by molar-refractivity contribution is 5.92. The lowest BCUT2D eigenvalue weighted by atomic mass is 10.1. The lowest BCUT2D eigenvalue weighted by molar-refractivity contribution is 0.0497. The summed E-state index contributed by atoms with van der Waals surface area (Å²) in [4.78, 5) is 11.9. The standard InChI is InChI=1S/C17H27NO2/c1-3-4-5-6-7-8-9-12-20-17(19)16-13-15(18)11-10-14(16)2/h10-11,13H,3-9,12,18H2,1-2H3. The lowest BCUT2D eigenvalue weighted by Gasteiger charge is -2.08. The number of carbonyl (C=O) groups excluding carboxylic acids is 1. The predicted octanol–water partition coefficient (Wildman–Crippen LogP) is 4.48. The summed E-state index contributed by atoms with van der Waals surface area (Å²) in [6.45, 7) is 4.61. The molecule has 1 aromatic rings. The highest BCUT2D eigenvalue weighted by Gasteiger charge is 2.10. The van der Waals surface area contributed by atoms with Crippen molar-refractivity contribution in [2.24, 2.45) is 0 Å². The summed E-state index contributed by atoms with van der Waals surface area (Å²) >= 11 is 0. The van der Waals surface area contributed by atoms with Crippen molar-refractivity contribution in [2.75, 3.05) is 12.3 Å². The van der Waals surface area contributed by atoms with Gasteiger partial charge in [-0.15, -0.1) is 0 Å². The Morgan fingerprint density at radius 1 is 1.10 bits per heavy atom. The number of nitrogens with two attached hydrogens (primary N) is 1. The van der Waals surface area contributed by atoms with Crippen LogP contribution in [-0.2, 0) is 4.74 Å². The van der Waals surface area contributed by atoms with Crippen molar-refractivity contribution >= 4 is 11.7 Å². The molecule has 0 amide bonds. The summed E-state index contributed by atoms with van der Waals surface area (Å²) in [6, 6.07) is 5.32. The van der Waals surface area contributed by atoms with E-state index in [9.17, 15) is 4.79 Å². The van der Waals surface area contributed by atoms with Crippen molar-refractivity contribution in [1.29, 1.82) is 0 Å². The van der Waals surface area contributed by atoms with E-state index in [-0.39, 0.29) is 5.97 Å². The molecule has 0 saturated carbocycles. The molecule has 0 aliphatic heterocycles. The number of benzene rings is 1. The molecule has 0 unspecified atom stereocenters. The molecule has 3 heteroatoms. The maximum absolute atomic E-state index is 11.9. The van der Waals surface area contributed by atoms with Crippen LogP contribution in [0.15, 0.2) is 18.2 Å². The molecule has 1 rings (SSSR count). The number of rotatable bonds is 9. The minimum Gasteiger partial charge on any atom is -0.462 e. The Balaban J connectivity index is 2.18. The zero-order chi connectivity index (χ0) is 14.8. The average Bonchev–Trinajstić information content (AvgIpc) is 2.44. The van der Waals surface area contributed by atoms with E-state index in [2.05, 4.69) is 6.92 Å². The quantitative estimate of drug-likeness (QED) is 0.411. The maximum atomic E-state index is 11.9. The fraction of sp³-hybridized carbons (Fsp3) is 0.588. The number of hydrogen-bond donors (Lipinski definition) is 1. The number of esters is 1. The van der Waals surface area contributed by atoms with Gasteiger partial charge in [0.15, 0.2) is 0 Å². The first-order valence-corrected chi connectivity index (χ1v) is 7.68. The van der Waals surface area contributed by atoms with E-state index in [1.807, 2.05) is 13.0 Å². The van der Waals surface area contributed by atoms with Gasteiger partial charge in [-0.25, -0.2) is 4.79 Å². The number of nitrogen functional groups attached to an aromatic ring is 1. The molecular formula is C17H27NO2. The van der Waals surface area contributed by atoms with Crippen molar-refractivity contribution in [3.8, 4) is 0 Å². The third-order valence-corrected chi connectivity index (χ3v) is 3.46. The molecule has 0 atom stereocenters. The van der Waals surface area contributed by atoms with E-state index in [0.29, 0.717) is 17.9 Å². The van der Waals surface area contributed by atoms with Gasteiger partial charge in [-0.1, -0.05) is 51.5 Å². The number of anilines is 1.